The van der Waals surface area contributed by atoms with Crippen LogP contribution in [0.3, 0.4) is 0 Å². The molecule has 1 aliphatic heterocycles. The molecule has 1 fully saturated rings. The van der Waals surface area contributed by atoms with E-state index in [-0.39, 0.29) is 5.69 Å². The average Bonchev–Trinajstić information content (AvgIpc) is 2.82. The molecule has 7 nitrogen and oxygen atoms in total. The third-order valence-electron chi connectivity index (χ3n) is 3.48. The highest BCUT2D eigenvalue weighted by Gasteiger charge is 2.23. The summed E-state index contributed by atoms with van der Waals surface area (Å²) in [6.07, 6.45) is 2.81. The fourth-order valence-corrected chi connectivity index (χ4v) is 3.25. The van der Waals surface area contributed by atoms with Gasteiger partial charge in [0.2, 0.25) is 0 Å². The van der Waals surface area contributed by atoms with Crippen molar-refractivity contribution in [2.24, 2.45) is 5.84 Å². The zero-order chi connectivity index (χ0) is 14.6. The topological polar surface area (TPSA) is 89.1 Å². The molecule has 0 atom stereocenters. The molecular weight excluding hydrogens is 276 g/mol. The third-order valence-corrected chi connectivity index (χ3v) is 4.85. The van der Waals surface area contributed by atoms with Crippen molar-refractivity contribution in [2.45, 2.75) is 31.6 Å². The Morgan fingerprint density at radius 3 is 3.05 bits per heavy atom. The molecule has 20 heavy (non-hydrogen) atoms. The maximum Gasteiger partial charge on any atom is 0.287 e. The summed E-state index contributed by atoms with van der Waals surface area (Å²) >= 11 is 2.03. The predicted octanol–water partition coefficient (Wildman–Crippen LogP) is 0.0991. The second-order valence-corrected chi connectivity index (χ2v) is 7.34. The summed E-state index contributed by atoms with van der Waals surface area (Å²) in [7, 11) is 0. The lowest BCUT2D eigenvalue weighted by molar-refractivity contribution is 0.0948. The first kappa shape index (κ1) is 15.3. The van der Waals surface area contributed by atoms with Gasteiger partial charge in [0.05, 0.1) is 12.7 Å². The van der Waals surface area contributed by atoms with Crippen molar-refractivity contribution in [3.8, 4) is 0 Å². The number of hydrogen-bond acceptors (Lipinski definition) is 6. The lowest BCUT2D eigenvalue weighted by Crippen LogP contribution is -2.31. The van der Waals surface area contributed by atoms with Crippen LogP contribution < -0.4 is 11.3 Å². The summed E-state index contributed by atoms with van der Waals surface area (Å²) in [5.41, 5.74) is 2.30. The van der Waals surface area contributed by atoms with E-state index in [1.54, 1.807) is 10.9 Å². The van der Waals surface area contributed by atoms with Gasteiger partial charge >= 0.3 is 0 Å². The van der Waals surface area contributed by atoms with Gasteiger partial charge in [-0.15, -0.1) is 5.10 Å². The number of nitrogens with zero attached hydrogens (tertiary/aromatic N) is 4. The Morgan fingerprint density at radius 1 is 1.50 bits per heavy atom. The van der Waals surface area contributed by atoms with E-state index in [1.165, 1.54) is 6.42 Å². The Hall–Kier alpha value is -1.12. The molecule has 0 aliphatic carbocycles. The maximum absolute atomic E-state index is 11.3. The van der Waals surface area contributed by atoms with E-state index in [0.717, 1.165) is 31.9 Å². The Bertz CT molecular complexity index is 461. The minimum atomic E-state index is -0.413. The minimum absolute atomic E-state index is 0.250. The molecule has 0 unspecified atom stereocenters. The largest absolute Gasteiger partial charge is 0.301 e. The van der Waals surface area contributed by atoms with Crippen LogP contribution in [0.1, 0.15) is 30.8 Å². The molecule has 0 spiro atoms. The van der Waals surface area contributed by atoms with Crippen molar-refractivity contribution in [1.29, 1.82) is 0 Å². The summed E-state index contributed by atoms with van der Waals surface area (Å²) in [5, 5.41) is 7.73. The van der Waals surface area contributed by atoms with Crippen molar-refractivity contribution in [3.63, 3.8) is 0 Å². The highest BCUT2D eigenvalue weighted by molar-refractivity contribution is 8.00. The molecule has 1 aromatic heterocycles. The molecule has 3 N–H and O–H groups in total. The van der Waals surface area contributed by atoms with Crippen LogP contribution in [0.4, 0.5) is 0 Å². The Labute approximate surface area is 123 Å². The lowest BCUT2D eigenvalue weighted by atomic mass is 10.1. The van der Waals surface area contributed by atoms with Gasteiger partial charge in [0.1, 0.15) is 0 Å². The van der Waals surface area contributed by atoms with Gasteiger partial charge in [0, 0.05) is 23.6 Å². The fourth-order valence-electron chi connectivity index (χ4n) is 2.12. The predicted molar refractivity (Wildman–Crippen MR) is 79.3 cm³/mol. The quantitative estimate of drug-likeness (QED) is 0.465. The van der Waals surface area contributed by atoms with Crippen LogP contribution in [-0.2, 0) is 6.54 Å². The number of nitrogens with one attached hydrogen (secondary N) is 1. The molecule has 1 aliphatic rings. The number of carbonyl (C=O) groups is 1. The summed E-state index contributed by atoms with van der Waals surface area (Å²) in [4.78, 5) is 13.7. The van der Waals surface area contributed by atoms with Crippen LogP contribution in [0.15, 0.2) is 6.20 Å². The molecule has 1 aromatic rings. The molecule has 0 radical (unpaired) electrons. The van der Waals surface area contributed by atoms with Crippen molar-refractivity contribution in [3.05, 3.63) is 11.9 Å². The molecule has 1 saturated heterocycles. The summed E-state index contributed by atoms with van der Waals surface area (Å²) in [6.45, 7) is 8.45. The van der Waals surface area contributed by atoms with Gasteiger partial charge < -0.3 is 4.90 Å². The van der Waals surface area contributed by atoms with Crippen molar-refractivity contribution in [1.82, 2.24) is 25.3 Å². The number of aromatic nitrogens is 3. The summed E-state index contributed by atoms with van der Waals surface area (Å²) in [6, 6.07) is 0. The van der Waals surface area contributed by atoms with Crippen LogP contribution in [0.2, 0.25) is 0 Å². The van der Waals surface area contributed by atoms with Gasteiger partial charge in [0.15, 0.2) is 5.69 Å². The van der Waals surface area contributed by atoms with E-state index in [4.69, 9.17) is 5.84 Å². The van der Waals surface area contributed by atoms with Crippen LogP contribution in [0.5, 0.6) is 0 Å². The smallest absolute Gasteiger partial charge is 0.287 e. The van der Waals surface area contributed by atoms with Gasteiger partial charge in [0.25, 0.3) is 5.91 Å². The number of nitrogen functional groups attached to an aromatic ring is 1. The van der Waals surface area contributed by atoms with E-state index in [9.17, 15) is 4.79 Å². The molecule has 0 bridgehead atoms. The van der Waals surface area contributed by atoms with Crippen LogP contribution in [0, 0.1) is 0 Å². The fraction of sp³-hybridized carbons (Fsp3) is 0.750. The van der Waals surface area contributed by atoms with Gasteiger partial charge in [-0.25, -0.2) is 5.84 Å². The molecule has 8 heteroatoms. The number of hydrazine groups is 1. The minimum Gasteiger partial charge on any atom is -0.301 e. The van der Waals surface area contributed by atoms with Gasteiger partial charge in [-0.1, -0.05) is 19.1 Å². The third kappa shape index (κ3) is 4.19. The summed E-state index contributed by atoms with van der Waals surface area (Å²) in [5.74, 6) is 5.80. The maximum atomic E-state index is 11.3. The second-order valence-electron chi connectivity index (χ2n) is 5.54. The summed E-state index contributed by atoms with van der Waals surface area (Å²) < 4.78 is 2.06. The van der Waals surface area contributed by atoms with E-state index in [1.807, 2.05) is 17.2 Å². The van der Waals surface area contributed by atoms with Gasteiger partial charge in [-0.3, -0.25) is 14.9 Å². The SMILES string of the molecule is CC1(C)CCN(CCn2cc(C(=O)NN)nn2)CCS1. The van der Waals surface area contributed by atoms with Gasteiger partial charge in [-0.2, -0.15) is 11.8 Å². The van der Waals surface area contributed by atoms with E-state index in [0.29, 0.717) is 4.75 Å². The second kappa shape index (κ2) is 6.55. The molecule has 112 valence electrons. The zero-order valence-corrected chi connectivity index (χ0v) is 12.8. The first-order chi connectivity index (χ1) is 9.50. The van der Waals surface area contributed by atoms with Crippen molar-refractivity contribution in [2.75, 3.05) is 25.4 Å². The number of amides is 1. The van der Waals surface area contributed by atoms with Crippen molar-refractivity contribution < 1.29 is 4.79 Å². The monoisotopic (exact) mass is 298 g/mol. The van der Waals surface area contributed by atoms with E-state index < -0.39 is 5.91 Å². The molecule has 2 heterocycles. The van der Waals surface area contributed by atoms with Crippen LogP contribution in [-0.4, -0.2) is 55.9 Å². The van der Waals surface area contributed by atoms with Gasteiger partial charge in [-0.05, 0) is 13.0 Å². The average molecular weight is 298 g/mol. The van der Waals surface area contributed by atoms with E-state index >= 15 is 0 Å². The highest BCUT2D eigenvalue weighted by atomic mass is 32.2. The Kier molecular flexibility index (Phi) is 5.00. The zero-order valence-electron chi connectivity index (χ0n) is 12.0. The first-order valence-electron chi connectivity index (χ1n) is 6.77. The lowest BCUT2D eigenvalue weighted by Gasteiger charge is -2.22. The standard InChI is InChI=1S/C12H22N6OS/c1-12(2)3-4-17(7-8-20-12)5-6-18-9-10(15-16-18)11(19)14-13/h9H,3-8,13H2,1-2H3,(H,14,19). The highest BCUT2D eigenvalue weighted by Crippen LogP contribution is 2.30. The number of carbonyl (C=O) groups excluding carboxylic acids is 1. The molecule has 2 rings (SSSR count). The Morgan fingerprint density at radius 2 is 2.30 bits per heavy atom. The first-order valence-corrected chi connectivity index (χ1v) is 7.76. The number of thioether (sulfide) groups is 1. The number of rotatable bonds is 4. The molecular formula is C12H22N6OS. The van der Waals surface area contributed by atoms with E-state index in [2.05, 4.69) is 29.1 Å². The van der Waals surface area contributed by atoms with Crippen LogP contribution in [0.25, 0.3) is 0 Å². The normalized spacial score (nSPS) is 19.6. The molecule has 1 amide bonds. The van der Waals surface area contributed by atoms with Crippen LogP contribution >= 0.6 is 11.8 Å². The Balaban J connectivity index is 1.83. The van der Waals surface area contributed by atoms with Crippen molar-refractivity contribution >= 4 is 17.7 Å². The molecule has 0 saturated carbocycles. The number of hydrogen-bond donors (Lipinski definition) is 2. The molecule has 0 aromatic carbocycles. The number of nitrogens with two attached hydrogens (primary N) is 1.